The molecule has 0 radical (unpaired) electrons. The maximum absolute atomic E-state index is 4.42. The minimum absolute atomic E-state index is 0.586. The van der Waals surface area contributed by atoms with Gasteiger partial charge in [-0.3, -0.25) is 14.8 Å². The molecule has 1 atom stereocenters. The standard InChI is InChI=1S/C18H26N6/c1-22(13-17-20-21-18(23(17)2)15-5-6-15)16-7-9-24(12-16)11-14-4-3-8-19-10-14/h3-4,8,10,15-16H,5-7,9,11-13H2,1-2H3/t16-/m0/s1. The van der Waals surface area contributed by atoms with Crippen molar-refractivity contribution in [3.8, 4) is 0 Å². The van der Waals surface area contributed by atoms with E-state index in [1.165, 1.54) is 30.7 Å². The van der Waals surface area contributed by atoms with Gasteiger partial charge in [-0.05, 0) is 37.9 Å². The molecule has 4 rings (SSSR count). The summed E-state index contributed by atoms with van der Waals surface area (Å²) in [5.74, 6) is 2.91. The van der Waals surface area contributed by atoms with Gasteiger partial charge in [-0.25, -0.2) is 0 Å². The molecule has 2 fully saturated rings. The predicted octanol–water partition coefficient (Wildman–Crippen LogP) is 1.79. The number of likely N-dealkylation sites (N-methyl/N-ethyl adjacent to an activating group) is 1. The Hall–Kier alpha value is -1.79. The molecule has 0 unspecified atom stereocenters. The van der Waals surface area contributed by atoms with Gasteiger partial charge < -0.3 is 4.57 Å². The Balaban J connectivity index is 1.33. The summed E-state index contributed by atoms with van der Waals surface area (Å²) in [6.07, 6.45) is 7.56. The van der Waals surface area contributed by atoms with Gasteiger partial charge >= 0.3 is 0 Å². The Bertz CT molecular complexity index is 678. The van der Waals surface area contributed by atoms with Crippen molar-refractivity contribution in [1.29, 1.82) is 0 Å². The third-order valence-electron chi connectivity index (χ3n) is 5.33. The Morgan fingerprint density at radius 3 is 2.88 bits per heavy atom. The lowest BCUT2D eigenvalue weighted by atomic mass is 10.2. The first-order valence-electron chi connectivity index (χ1n) is 8.90. The number of hydrogen-bond acceptors (Lipinski definition) is 5. The molecular formula is C18H26N6. The quantitative estimate of drug-likeness (QED) is 0.810. The highest BCUT2D eigenvalue weighted by Gasteiger charge is 2.30. The largest absolute Gasteiger partial charge is 0.317 e. The molecule has 0 bridgehead atoms. The Labute approximate surface area is 143 Å². The number of rotatable bonds is 6. The van der Waals surface area contributed by atoms with Gasteiger partial charge in [0, 0.05) is 51.0 Å². The summed E-state index contributed by atoms with van der Waals surface area (Å²) in [6.45, 7) is 4.13. The number of likely N-dealkylation sites (tertiary alicyclic amines) is 1. The zero-order valence-electron chi connectivity index (χ0n) is 14.6. The third-order valence-corrected chi connectivity index (χ3v) is 5.33. The van der Waals surface area contributed by atoms with Crippen molar-refractivity contribution in [2.75, 3.05) is 20.1 Å². The van der Waals surface area contributed by atoms with Crippen molar-refractivity contribution in [3.05, 3.63) is 41.7 Å². The zero-order chi connectivity index (χ0) is 16.5. The summed E-state index contributed by atoms with van der Waals surface area (Å²) in [6, 6.07) is 4.76. The number of pyridine rings is 1. The van der Waals surface area contributed by atoms with E-state index in [0.29, 0.717) is 12.0 Å². The molecule has 0 aromatic carbocycles. The van der Waals surface area contributed by atoms with Crippen LogP contribution in [0.15, 0.2) is 24.5 Å². The van der Waals surface area contributed by atoms with Crippen molar-refractivity contribution in [2.24, 2.45) is 7.05 Å². The van der Waals surface area contributed by atoms with Gasteiger partial charge in [0.2, 0.25) is 0 Å². The van der Waals surface area contributed by atoms with E-state index in [0.717, 1.165) is 32.0 Å². The molecule has 1 saturated carbocycles. The lowest BCUT2D eigenvalue weighted by Gasteiger charge is -2.24. The predicted molar refractivity (Wildman–Crippen MR) is 92.4 cm³/mol. The van der Waals surface area contributed by atoms with Crippen LogP contribution in [0.25, 0.3) is 0 Å². The summed E-state index contributed by atoms with van der Waals surface area (Å²) < 4.78 is 2.20. The molecule has 0 N–H and O–H groups in total. The molecule has 1 saturated heterocycles. The van der Waals surface area contributed by atoms with Gasteiger partial charge in [0.1, 0.15) is 11.6 Å². The van der Waals surface area contributed by atoms with Crippen molar-refractivity contribution >= 4 is 0 Å². The molecule has 2 aliphatic rings. The van der Waals surface area contributed by atoms with E-state index in [4.69, 9.17) is 0 Å². The molecule has 128 valence electrons. The fraction of sp³-hybridized carbons (Fsp3) is 0.611. The van der Waals surface area contributed by atoms with Crippen LogP contribution < -0.4 is 0 Å². The molecule has 24 heavy (non-hydrogen) atoms. The molecule has 1 aliphatic heterocycles. The average Bonchev–Trinajstić information content (AvgIpc) is 3.22. The second-order valence-electron chi connectivity index (χ2n) is 7.26. The topological polar surface area (TPSA) is 50.1 Å². The number of hydrogen-bond donors (Lipinski definition) is 0. The third kappa shape index (κ3) is 3.35. The van der Waals surface area contributed by atoms with Crippen LogP contribution in [0.3, 0.4) is 0 Å². The second-order valence-corrected chi connectivity index (χ2v) is 7.26. The molecule has 2 aromatic heterocycles. The molecule has 0 spiro atoms. The summed E-state index contributed by atoms with van der Waals surface area (Å²) in [4.78, 5) is 9.17. The molecule has 3 heterocycles. The van der Waals surface area contributed by atoms with Crippen molar-refractivity contribution in [2.45, 2.75) is 44.3 Å². The van der Waals surface area contributed by atoms with Crippen LogP contribution in [0.1, 0.15) is 42.4 Å². The highest BCUT2D eigenvalue weighted by atomic mass is 15.3. The van der Waals surface area contributed by atoms with Crippen LogP contribution in [0.2, 0.25) is 0 Å². The maximum atomic E-state index is 4.42. The first kappa shape index (κ1) is 15.7. The molecule has 2 aromatic rings. The van der Waals surface area contributed by atoms with E-state index in [2.05, 4.69) is 49.7 Å². The molecule has 6 nitrogen and oxygen atoms in total. The van der Waals surface area contributed by atoms with Gasteiger partial charge in [-0.1, -0.05) is 6.07 Å². The van der Waals surface area contributed by atoms with Gasteiger partial charge in [0.05, 0.1) is 6.54 Å². The Kier molecular flexibility index (Phi) is 4.33. The minimum Gasteiger partial charge on any atom is -0.317 e. The van der Waals surface area contributed by atoms with E-state index in [1.807, 2.05) is 18.5 Å². The normalized spacial score (nSPS) is 21.7. The van der Waals surface area contributed by atoms with Gasteiger partial charge in [-0.2, -0.15) is 0 Å². The van der Waals surface area contributed by atoms with E-state index in [9.17, 15) is 0 Å². The van der Waals surface area contributed by atoms with Crippen LogP contribution >= 0.6 is 0 Å². The highest BCUT2D eigenvalue weighted by Crippen LogP contribution is 2.38. The van der Waals surface area contributed by atoms with Gasteiger partial charge in [0.15, 0.2) is 0 Å². The Morgan fingerprint density at radius 1 is 1.25 bits per heavy atom. The van der Waals surface area contributed by atoms with Crippen LogP contribution in [-0.2, 0) is 20.1 Å². The molecule has 6 heteroatoms. The minimum atomic E-state index is 0.586. The summed E-state index contributed by atoms with van der Waals surface area (Å²) in [5.41, 5.74) is 1.29. The van der Waals surface area contributed by atoms with Crippen LogP contribution in [-0.4, -0.2) is 55.7 Å². The SMILES string of the molecule is CN(Cc1nnc(C2CC2)n1C)[C@H]1CCN(Cc2cccnc2)C1. The van der Waals surface area contributed by atoms with Crippen molar-refractivity contribution in [1.82, 2.24) is 29.5 Å². The first-order valence-corrected chi connectivity index (χ1v) is 8.90. The monoisotopic (exact) mass is 326 g/mol. The van der Waals surface area contributed by atoms with E-state index >= 15 is 0 Å². The summed E-state index contributed by atoms with van der Waals surface area (Å²) in [7, 11) is 4.32. The lowest BCUT2D eigenvalue weighted by molar-refractivity contribution is 0.216. The van der Waals surface area contributed by atoms with Crippen LogP contribution in [0.4, 0.5) is 0 Å². The van der Waals surface area contributed by atoms with E-state index < -0.39 is 0 Å². The van der Waals surface area contributed by atoms with Crippen LogP contribution in [0, 0.1) is 0 Å². The molecule has 0 amide bonds. The maximum Gasteiger partial charge on any atom is 0.146 e. The summed E-state index contributed by atoms with van der Waals surface area (Å²) in [5, 5.41) is 8.82. The van der Waals surface area contributed by atoms with Gasteiger partial charge in [0.25, 0.3) is 0 Å². The summed E-state index contributed by atoms with van der Waals surface area (Å²) >= 11 is 0. The van der Waals surface area contributed by atoms with Gasteiger partial charge in [-0.15, -0.1) is 10.2 Å². The lowest BCUT2D eigenvalue weighted by Crippen LogP contribution is -2.34. The van der Waals surface area contributed by atoms with E-state index in [-0.39, 0.29) is 0 Å². The van der Waals surface area contributed by atoms with E-state index in [1.54, 1.807) is 0 Å². The highest BCUT2D eigenvalue weighted by molar-refractivity contribution is 5.09. The van der Waals surface area contributed by atoms with Crippen molar-refractivity contribution < 1.29 is 0 Å². The fourth-order valence-electron chi connectivity index (χ4n) is 3.63. The second kappa shape index (κ2) is 6.61. The smallest absolute Gasteiger partial charge is 0.146 e. The fourth-order valence-corrected chi connectivity index (χ4v) is 3.63. The number of nitrogens with zero attached hydrogens (tertiary/aromatic N) is 6. The average molecular weight is 326 g/mol. The molecular weight excluding hydrogens is 300 g/mol. The van der Waals surface area contributed by atoms with Crippen LogP contribution in [0.5, 0.6) is 0 Å². The Morgan fingerprint density at radius 2 is 2.12 bits per heavy atom. The molecule has 1 aliphatic carbocycles. The van der Waals surface area contributed by atoms with Crippen molar-refractivity contribution in [3.63, 3.8) is 0 Å². The zero-order valence-corrected chi connectivity index (χ0v) is 14.6. The number of aromatic nitrogens is 4. The first-order chi connectivity index (χ1) is 11.7.